The van der Waals surface area contributed by atoms with Crippen molar-refractivity contribution in [3.63, 3.8) is 0 Å². The van der Waals surface area contributed by atoms with E-state index in [-0.39, 0.29) is 5.97 Å². The number of rotatable bonds is 5. The molecule has 4 N–H and O–H groups in total. The van der Waals surface area contributed by atoms with Crippen molar-refractivity contribution in [1.82, 2.24) is 0 Å². The first-order valence-electron chi connectivity index (χ1n) is 5.36. The van der Waals surface area contributed by atoms with E-state index in [1.165, 1.54) is 7.11 Å². The van der Waals surface area contributed by atoms with Gasteiger partial charge >= 0.3 is 5.97 Å². The van der Waals surface area contributed by atoms with E-state index in [1.54, 1.807) is 6.07 Å². The molecule has 0 spiro atoms. The van der Waals surface area contributed by atoms with Crippen LogP contribution in [0.1, 0.15) is 28.8 Å². The monoisotopic (exact) mass is 222 g/mol. The number of esters is 1. The second kappa shape index (κ2) is 6.12. The molecule has 1 rings (SSSR count). The van der Waals surface area contributed by atoms with Crippen LogP contribution in [0.3, 0.4) is 0 Å². The van der Waals surface area contributed by atoms with Crippen molar-refractivity contribution >= 4 is 11.7 Å². The van der Waals surface area contributed by atoms with Gasteiger partial charge in [0.2, 0.25) is 0 Å². The van der Waals surface area contributed by atoms with Gasteiger partial charge in [-0.15, -0.1) is 0 Å². The van der Waals surface area contributed by atoms with Crippen LogP contribution in [0.4, 0.5) is 5.69 Å². The molecule has 4 nitrogen and oxygen atoms in total. The van der Waals surface area contributed by atoms with E-state index in [1.807, 2.05) is 12.1 Å². The molecule has 0 fully saturated rings. The lowest BCUT2D eigenvalue weighted by atomic mass is 10.0. The topological polar surface area (TPSA) is 78.3 Å². The Labute approximate surface area is 95.6 Å². The van der Waals surface area contributed by atoms with Gasteiger partial charge in [-0.25, -0.2) is 4.79 Å². The second-order valence-corrected chi connectivity index (χ2v) is 3.62. The van der Waals surface area contributed by atoms with Crippen molar-refractivity contribution in [2.24, 2.45) is 5.73 Å². The lowest BCUT2D eigenvalue weighted by Crippen LogP contribution is -2.10. The molecule has 0 heterocycles. The highest BCUT2D eigenvalue weighted by Crippen LogP contribution is 2.19. The summed E-state index contributed by atoms with van der Waals surface area (Å²) in [5.41, 5.74) is 13.1. The molecule has 0 saturated carbocycles. The van der Waals surface area contributed by atoms with Gasteiger partial charge in [-0.1, -0.05) is 12.1 Å². The fourth-order valence-electron chi connectivity index (χ4n) is 1.64. The number of unbranched alkanes of at least 4 members (excludes halogenated alkanes) is 1. The third kappa shape index (κ3) is 2.97. The first-order chi connectivity index (χ1) is 7.70. The average Bonchev–Trinajstić information content (AvgIpc) is 2.29. The number of nitrogens with two attached hydrogens (primary N) is 2. The summed E-state index contributed by atoms with van der Waals surface area (Å²) in [5.74, 6) is -0.374. The molecule has 0 saturated heterocycles. The minimum atomic E-state index is -0.374. The molecule has 0 atom stereocenters. The van der Waals surface area contributed by atoms with Crippen molar-refractivity contribution < 1.29 is 9.53 Å². The van der Waals surface area contributed by atoms with Crippen LogP contribution in [0.15, 0.2) is 18.2 Å². The molecule has 1 aromatic rings. The number of benzene rings is 1. The summed E-state index contributed by atoms with van der Waals surface area (Å²) in [4.78, 5) is 11.6. The Morgan fingerprint density at radius 2 is 2.12 bits per heavy atom. The van der Waals surface area contributed by atoms with Gasteiger partial charge in [-0.2, -0.15) is 0 Å². The van der Waals surface area contributed by atoms with Gasteiger partial charge in [0, 0.05) is 5.69 Å². The number of hydrogen-bond acceptors (Lipinski definition) is 4. The summed E-state index contributed by atoms with van der Waals surface area (Å²) in [6.07, 6.45) is 2.69. The number of anilines is 1. The standard InChI is InChI=1S/C12H18N2O2/c1-16-12(15)11-9(5-2-3-8-13)6-4-7-10(11)14/h4,6-7H,2-3,5,8,13-14H2,1H3. The van der Waals surface area contributed by atoms with Crippen LogP contribution < -0.4 is 11.5 Å². The highest BCUT2D eigenvalue weighted by molar-refractivity contribution is 5.96. The normalized spacial score (nSPS) is 10.1. The van der Waals surface area contributed by atoms with Gasteiger partial charge in [0.15, 0.2) is 0 Å². The Hall–Kier alpha value is -1.55. The van der Waals surface area contributed by atoms with Crippen molar-refractivity contribution in [1.29, 1.82) is 0 Å². The van der Waals surface area contributed by atoms with Gasteiger partial charge in [0.1, 0.15) is 0 Å². The van der Waals surface area contributed by atoms with Crippen LogP contribution in [-0.4, -0.2) is 19.6 Å². The minimum Gasteiger partial charge on any atom is -0.465 e. The summed E-state index contributed by atoms with van der Waals surface area (Å²) in [5, 5.41) is 0. The molecule has 88 valence electrons. The third-order valence-corrected chi connectivity index (χ3v) is 2.47. The number of carbonyl (C=O) groups is 1. The van der Waals surface area contributed by atoms with Crippen molar-refractivity contribution in [2.45, 2.75) is 19.3 Å². The average molecular weight is 222 g/mol. The number of nitrogen functional groups attached to an aromatic ring is 1. The van der Waals surface area contributed by atoms with E-state index >= 15 is 0 Å². The van der Waals surface area contributed by atoms with Crippen LogP contribution in [0, 0.1) is 0 Å². The molecule has 0 aliphatic rings. The van der Waals surface area contributed by atoms with Gasteiger partial charge in [0.05, 0.1) is 12.7 Å². The summed E-state index contributed by atoms with van der Waals surface area (Å²) in [7, 11) is 1.36. The molecule has 0 radical (unpaired) electrons. The van der Waals surface area contributed by atoms with E-state index in [0.717, 1.165) is 24.8 Å². The summed E-state index contributed by atoms with van der Waals surface area (Å²) < 4.78 is 4.72. The zero-order chi connectivity index (χ0) is 12.0. The number of hydrogen-bond donors (Lipinski definition) is 2. The zero-order valence-corrected chi connectivity index (χ0v) is 9.53. The molecule has 0 amide bonds. The smallest absolute Gasteiger partial charge is 0.340 e. The summed E-state index contributed by atoms with van der Waals surface area (Å²) in [6.45, 7) is 0.663. The van der Waals surface area contributed by atoms with Crippen LogP contribution >= 0.6 is 0 Å². The third-order valence-electron chi connectivity index (χ3n) is 2.47. The van der Waals surface area contributed by atoms with E-state index in [2.05, 4.69) is 0 Å². The molecule has 0 bridgehead atoms. The lowest BCUT2D eigenvalue weighted by molar-refractivity contribution is 0.0600. The predicted molar refractivity (Wildman–Crippen MR) is 64.2 cm³/mol. The Bertz CT molecular complexity index is 364. The molecule has 0 aromatic heterocycles. The van der Waals surface area contributed by atoms with Crippen molar-refractivity contribution in [3.05, 3.63) is 29.3 Å². The van der Waals surface area contributed by atoms with E-state index in [0.29, 0.717) is 17.8 Å². The van der Waals surface area contributed by atoms with Crippen LogP contribution in [0.5, 0.6) is 0 Å². The van der Waals surface area contributed by atoms with E-state index in [4.69, 9.17) is 16.2 Å². The van der Waals surface area contributed by atoms with Crippen molar-refractivity contribution in [2.75, 3.05) is 19.4 Å². The fraction of sp³-hybridized carbons (Fsp3) is 0.417. The maximum Gasteiger partial charge on any atom is 0.340 e. The first-order valence-corrected chi connectivity index (χ1v) is 5.36. The Balaban J connectivity index is 2.89. The second-order valence-electron chi connectivity index (χ2n) is 3.62. The highest BCUT2D eigenvalue weighted by Gasteiger charge is 2.14. The lowest BCUT2D eigenvalue weighted by Gasteiger charge is -2.10. The van der Waals surface area contributed by atoms with Gasteiger partial charge < -0.3 is 16.2 Å². The molecule has 16 heavy (non-hydrogen) atoms. The molecular weight excluding hydrogens is 204 g/mol. The van der Waals surface area contributed by atoms with Crippen LogP contribution in [0.25, 0.3) is 0 Å². The SMILES string of the molecule is COC(=O)c1c(N)cccc1CCCCN. The highest BCUT2D eigenvalue weighted by atomic mass is 16.5. The number of methoxy groups -OCH3 is 1. The summed E-state index contributed by atoms with van der Waals surface area (Å²) >= 11 is 0. The van der Waals surface area contributed by atoms with Crippen LogP contribution in [-0.2, 0) is 11.2 Å². The number of carbonyl (C=O) groups excluding carboxylic acids is 1. The molecule has 0 unspecified atom stereocenters. The van der Waals surface area contributed by atoms with E-state index in [9.17, 15) is 4.79 Å². The van der Waals surface area contributed by atoms with Crippen molar-refractivity contribution in [3.8, 4) is 0 Å². The minimum absolute atomic E-state index is 0.374. The Kier molecular flexibility index (Phi) is 4.79. The quantitative estimate of drug-likeness (QED) is 0.447. The van der Waals surface area contributed by atoms with Gasteiger partial charge in [0.25, 0.3) is 0 Å². The van der Waals surface area contributed by atoms with Gasteiger partial charge in [-0.05, 0) is 37.4 Å². The van der Waals surface area contributed by atoms with Crippen LogP contribution in [0.2, 0.25) is 0 Å². The predicted octanol–water partition coefficient (Wildman–Crippen LogP) is 1.34. The number of ether oxygens (including phenoxy) is 1. The largest absolute Gasteiger partial charge is 0.465 e. The zero-order valence-electron chi connectivity index (χ0n) is 9.53. The maximum absolute atomic E-state index is 11.6. The molecule has 4 heteroatoms. The van der Waals surface area contributed by atoms with Gasteiger partial charge in [-0.3, -0.25) is 0 Å². The maximum atomic E-state index is 11.6. The summed E-state index contributed by atoms with van der Waals surface area (Å²) in [6, 6.07) is 5.46. The Morgan fingerprint density at radius 1 is 1.38 bits per heavy atom. The molecule has 0 aliphatic heterocycles. The first kappa shape index (κ1) is 12.5. The molecule has 0 aliphatic carbocycles. The molecule has 1 aromatic carbocycles. The van der Waals surface area contributed by atoms with E-state index < -0.39 is 0 Å². The molecular formula is C12H18N2O2. The Morgan fingerprint density at radius 3 is 2.75 bits per heavy atom. The fourth-order valence-corrected chi connectivity index (χ4v) is 1.64. The number of aryl methyl sites for hydroxylation is 1.